The number of carboxylic acid groups (broad SMARTS) is 1. The van der Waals surface area contributed by atoms with Crippen LogP contribution >= 0.6 is 34.8 Å². The molecule has 0 radical (unpaired) electrons. The fourth-order valence-corrected chi connectivity index (χ4v) is 5.58. The molecule has 2 rings (SSSR count). The molecular weight excluding hydrogens is 561 g/mol. The van der Waals surface area contributed by atoms with Gasteiger partial charge in [0.15, 0.2) is 0 Å². The Morgan fingerprint density at radius 1 is 0.949 bits per heavy atom. The van der Waals surface area contributed by atoms with Gasteiger partial charge in [-0.2, -0.15) is 10.1 Å². The van der Waals surface area contributed by atoms with Crippen molar-refractivity contribution in [2.24, 2.45) is 11.0 Å². The summed E-state index contributed by atoms with van der Waals surface area (Å²) in [5, 5.41) is 17.9. The number of hydrogen-bond donors (Lipinski definition) is 2. The van der Waals surface area contributed by atoms with Crippen molar-refractivity contribution in [2.45, 2.75) is 103 Å². The number of nitrogens with one attached hydrogen (secondary N) is 1. The van der Waals surface area contributed by atoms with Crippen LogP contribution in [-0.4, -0.2) is 28.7 Å². The first-order valence-electron chi connectivity index (χ1n) is 13.9. The number of amidine groups is 1. The number of carbonyl (C=O) groups is 3. The van der Waals surface area contributed by atoms with E-state index in [1.807, 2.05) is 6.08 Å². The number of rotatable bonds is 19. The summed E-state index contributed by atoms with van der Waals surface area (Å²) in [6.07, 6.45) is 17.4. The van der Waals surface area contributed by atoms with Crippen LogP contribution in [0.2, 0.25) is 15.1 Å². The molecule has 1 atom stereocenters. The molecule has 2 amide bonds. The summed E-state index contributed by atoms with van der Waals surface area (Å²) in [5.41, 5.74) is 0.176. The number of allylic oxidation sites excluding steroid dienone is 1. The van der Waals surface area contributed by atoms with Crippen LogP contribution in [0.4, 0.5) is 5.69 Å². The van der Waals surface area contributed by atoms with E-state index < -0.39 is 23.7 Å². The Bertz CT molecular complexity index is 992. The van der Waals surface area contributed by atoms with Gasteiger partial charge in [-0.15, -0.1) is 6.58 Å². The molecule has 0 saturated heterocycles. The van der Waals surface area contributed by atoms with Crippen LogP contribution in [-0.2, 0) is 14.4 Å². The molecule has 1 aliphatic rings. The molecule has 10 heteroatoms. The molecule has 0 fully saturated rings. The van der Waals surface area contributed by atoms with Crippen LogP contribution in [0.3, 0.4) is 0 Å². The van der Waals surface area contributed by atoms with E-state index in [0.717, 1.165) is 37.1 Å². The highest BCUT2D eigenvalue weighted by molar-refractivity contribution is 6.42. The summed E-state index contributed by atoms with van der Waals surface area (Å²) in [4.78, 5) is 36.7. The minimum absolute atomic E-state index is 0.115. The lowest BCUT2D eigenvalue weighted by atomic mass is 9.96. The Morgan fingerprint density at radius 2 is 1.46 bits per heavy atom. The van der Waals surface area contributed by atoms with Gasteiger partial charge in [0.25, 0.3) is 5.91 Å². The molecule has 0 bridgehead atoms. The standard InChI is InChI=1S/C29H40Cl3N3O4/c1-2-3-4-5-6-7-8-9-10-11-12-13-14-15-16-21(29(38)39)17-26(36)33-25-20-27(37)35(34-25)28-23(31)18-22(30)19-24(28)32/h2,18-19,21H,1,3-17,20H2,(H,38,39)(H,33,34,36). The van der Waals surface area contributed by atoms with Gasteiger partial charge in [0.05, 0.1) is 22.4 Å². The van der Waals surface area contributed by atoms with Gasteiger partial charge in [-0.3, -0.25) is 14.4 Å². The van der Waals surface area contributed by atoms with E-state index in [2.05, 4.69) is 17.0 Å². The molecule has 39 heavy (non-hydrogen) atoms. The van der Waals surface area contributed by atoms with Gasteiger partial charge in [-0.05, 0) is 31.4 Å². The van der Waals surface area contributed by atoms with E-state index in [4.69, 9.17) is 34.8 Å². The molecule has 7 nitrogen and oxygen atoms in total. The third-order valence-electron chi connectivity index (χ3n) is 6.74. The fourth-order valence-electron chi connectivity index (χ4n) is 4.61. The smallest absolute Gasteiger partial charge is 0.307 e. The van der Waals surface area contributed by atoms with Gasteiger partial charge in [0.1, 0.15) is 11.5 Å². The quantitative estimate of drug-likeness (QED) is 0.123. The summed E-state index contributed by atoms with van der Waals surface area (Å²) in [7, 11) is 0. The number of aliphatic carboxylic acids is 1. The number of carbonyl (C=O) groups excluding carboxylic acids is 2. The maximum Gasteiger partial charge on any atom is 0.307 e. The Hall–Kier alpha value is -2.09. The zero-order chi connectivity index (χ0) is 28.6. The molecule has 0 saturated carbocycles. The van der Waals surface area contributed by atoms with Crippen LogP contribution in [0.5, 0.6) is 0 Å². The normalized spacial score (nSPS) is 13.9. The van der Waals surface area contributed by atoms with Crippen molar-refractivity contribution in [1.29, 1.82) is 0 Å². The number of anilines is 1. The second kappa shape index (κ2) is 18.3. The molecule has 2 N–H and O–H groups in total. The van der Waals surface area contributed by atoms with Crippen molar-refractivity contribution < 1.29 is 19.5 Å². The molecule has 0 spiro atoms. The van der Waals surface area contributed by atoms with Crippen LogP contribution in [0.1, 0.15) is 103 Å². The number of carboxylic acids is 1. The van der Waals surface area contributed by atoms with Gasteiger partial charge >= 0.3 is 5.97 Å². The Morgan fingerprint density at radius 3 is 1.97 bits per heavy atom. The molecule has 216 valence electrons. The second-order valence-electron chi connectivity index (χ2n) is 10.0. The summed E-state index contributed by atoms with van der Waals surface area (Å²) < 4.78 is 0. The minimum atomic E-state index is -1.000. The highest BCUT2D eigenvalue weighted by Crippen LogP contribution is 2.38. The number of unbranched alkanes of at least 4 members (excludes halogenated alkanes) is 12. The van der Waals surface area contributed by atoms with Crippen LogP contribution in [0.15, 0.2) is 29.9 Å². The molecule has 1 aromatic carbocycles. The molecule has 1 aliphatic heterocycles. The molecular formula is C29H40Cl3N3O4. The van der Waals surface area contributed by atoms with E-state index in [1.54, 1.807) is 0 Å². The lowest BCUT2D eigenvalue weighted by molar-refractivity contribution is -0.144. The minimum Gasteiger partial charge on any atom is -0.481 e. The van der Waals surface area contributed by atoms with Crippen LogP contribution in [0, 0.1) is 5.92 Å². The SMILES string of the molecule is C=CCCCCCCCCCCCCCCC(CC(=O)NC1=NN(c2c(Cl)cc(Cl)cc2Cl)C(=O)C1)C(=O)O. The van der Waals surface area contributed by atoms with Crippen molar-refractivity contribution in [3.8, 4) is 0 Å². The summed E-state index contributed by atoms with van der Waals surface area (Å²) in [6, 6.07) is 2.88. The number of amides is 2. The third kappa shape index (κ3) is 12.3. The number of halogens is 3. The van der Waals surface area contributed by atoms with Crippen LogP contribution < -0.4 is 10.3 Å². The lowest BCUT2D eigenvalue weighted by Gasteiger charge is -2.15. The van der Waals surface area contributed by atoms with Gasteiger partial charge in [-0.1, -0.05) is 112 Å². The topological polar surface area (TPSA) is 99.1 Å². The highest BCUT2D eigenvalue weighted by atomic mass is 35.5. The fraction of sp³-hybridized carbons (Fsp3) is 0.586. The number of benzene rings is 1. The monoisotopic (exact) mass is 599 g/mol. The zero-order valence-corrected chi connectivity index (χ0v) is 24.8. The lowest BCUT2D eigenvalue weighted by Crippen LogP contribution is -2.32. The summed E-state index contributed by atoms with van der Waals surface area (Å²) in [6.45, 7) is 3.75. The van der Waals surface area contributed by atoms with Crippen molar-refractivity contribution >= 4 is 64.1 Å². The summed E-state index contributed by atoms with van der Waals surface area (Å²) in [5.74, 6) is -2.59. The van der Waals surface area contributed by atoms with Crippen molar-refractivity contribution in [3.05, 3.63) is 39.9 Å². The first-order chi connectivity index (χ1) is 18.7. The van der Waals surface area contributed by atoms with Gasteiger partial charge in [0, 0.05) is 11.4 Å². The third-order valence-corrected chi connectivity index (χ3v) is 7.54. The Kier molecular flexibility index (Phi) is 15.5. The van der Waals surface area contributed by atoms with E-state index in [9.17, 15) is 19.5 Å². The molecule has 1 aromatic rings. The van der Waals surface area contributed by atoms with Gasteiger partial charge in [0.2, 0.25) is 5.91 Å². The van der Waals surface area contributed by atoms with Gasteiger partial charge < -0.3 is 10.4 Å². The number of hydrogen-bond acceptors (Lipinski definition) is 4. The average Bonchev–Trinajstić information content (AvgIpc) is 3.21. The maximum atomic E-state index is 12.5. The van der Waals surface area contributed by atoms with E-state index in [0.29, 0.717) is 11.4 Å². The molecule has 1 heterocycles. The number of hydrazone groups is 1. The Balaban J connectivity index is 1.65. The van der Waals surface area contributed by atoms with Crippen LogP contribution in [0.25, 0.3) is 0 Å². The van der Waals surface area contributed by atoms with Crippen molar-refractivity contribution in [1.82, 2.24) is 5.32 Å². The average molecular weight is 601 g/mol. The molecule has 0 aromatic heterocycles. The predicted octanol–water partition coefficient (Wildman–Crippen LogP) is 8.55. The summed E-state index contributed by atoms with van der Waals surface area (Å²) >= 11 is 18.3. The largest absolute Gasteiger partial charge is 0.481 e. The first-order valence-corrected chi connectivity index (χ1v) is 15.0. The molecule has 0 aliphatic carbocycles. The second-order valence-corrected chi connectivity index (χ2v) is 11.3. The first kappa shape index (κ1) is 33.1. The van der Waals surface area contributed by atoms with Crippen molar-refractivity contribution in [2.75, 3.05) is 5.01 Å². The van der Waals surface area contributed by atoms with Gasteiger partial charge in [-0.25, -0.2) is 0 Å². The van der Waals surface area contributed by atoms with E-state index in [-0.39, 0.29) is 34.4 Å². The number of nitrogens with zero attached hydrogens (tertiary/aromatic N) is 2. The van der Waals surface area contributed by atoms with E-state index in [1.165, 1.54) is 63.5 Å². The Labute approximate surface area is 246 Å². The van der Waals surface area contributed by atoms with Crippen molar-refractivity contribution in [3.63, 3.8) is 0 Å². The zero-order valence-electron chi connectivity index (χ0n) is 22.5. The molecule has 1 unspecified atom stereocenters. The maximum absolute atomic E-state index is 12.5. The predicted molar refractivity (Wildman–Crippen MR) is 160 cm³/mol. The van der Waals surface area contributed by atoms with E-state index >= 15 is 0 Å². The highest BCUT2D eigenvalue weighted by Gasteiger charge is 2.30.